The third kappa shape index (κ3) is 4.17. The van der Waals surface area contributed by atoms with E-state index in [-0.39, 0.29) is 0 Å². The zero-order valence-electron chi connectivity index (χ0n) is 9.45. The minimum atomic E-state index is 1.06. The highest BCUT2D eigenvalue weighted by molar-refractivity contribution is 5.23. The molecule has 0 aromatic heterocycles. The number of piperazine rings is 1. The summed E-state index contributed by atoms with van der Waals surface area (Å²) in [5, 5.41) is 3.34. The second-order valence-corrected chi connectivity index (χ2v) is 3.44. The molecular weight excluding hydrogens is 184 g/mol. The molecule has 15 heavy (non-hydrogen) atoms. The zero-order chi connectivity index (χ0) is 10.9. The van der Waals surface area contributed by atoms with Crippen LogP contribution in [-0.2, 0) is 0 Å². The molecule has 0 aromatic rings. The Balaban J connectivity index is 2.56. The standard InChI is InChI=1S/C13H20N2/c1-3-5-6-7-8-13(4-2)15-11-9-14-10-12-15/h3-8,14H,2,9-12H2,1H3/b5-3-,7-6-,13-8+. The molecule has 0 spiro atoms. The van der Waals surface area contributed by atoms with E-state index >= 15 is 0 Å². The molecule has 0 aromatic carbocycles. The number of nitrogens with zero attached hydrogens (tertiary/aromatic N) is 1. The summed E-state index contributed by atoms with van der Waals surface area (Å²) >= 11 is 0. The maximum absolute atomic E-state index is 3.85. The summed E-state index contributed by atoms with van der Waals surface area (Å²) < 4.78 is 0. The Morgan fingerprint density at radius 3 is 2.53 bits per heavy atom. The van der Waals surface area contributed by atoms with Gasteiger partial charge in [-0.1, -0.05) is 30.9 Å². The Labute approximate surface area is 92.7 Å². The lowest BCUT2D eigenvalue weighted by molar-refractivity contribution is 0.307. The molecule has 0 saturated carbocycles. The molecule has 0 atom stereocenters. The van der Waals surface area contributed by atoms with E-state index in [1.165, 1.54) is 5.70 Å². The number of allylic oxidation sites excluding steroid dienone is 6. The minimum absolute atomic E-state index is 1.06. The highest BCUT2D eigenvalue weighted by Crippen LogP contribution is 2.06. The van der Waals surface area contributed by atoms with Gasteiger partial charge in [0.25, 0.3) is 0 Å². The second kappa shape index (κ2) is 7.07. The topological polar surface area (TPSA) is 15.3 Å². The first-order valence-electron chi connectivity index (χ1n) is 5.46. The van der Waals surface area contributed by atoms with E-state index in [1.807, 2.05) is 31.2 Å². The quantitative estimate of drug-likeness (QED) is 0.705. The average molecular weight is 204 g/mol. The van der Waals surface area contributed by atoms with Crippen LogP contribution < -0.4 is 5.32 Å². The molecule has 1 fully saturated rings. The van der Waals surface area contributed by atoms with Crippen LogP contribution in [0.3, 0.4) is 0 Å². The maximum atomic E-state index is 3.85. The molecule has 0 aliphatic carbocycles. The van der Waals surface area contributed by atoms with Crippen LogP contribution >= 0.6 is 0 Å². The van der Waals surface area contributed by atoms with E-state index in [0.717, 1.165) is 26.2 Å². The molecule has 1 N–H and O–H groups in total. The van der Waals surface area contributed by atoms with Crippen molar-refractivity contribution in [3.63, 3.8) is 0 Å². The lowest BCUT2D eigenvalue weighted by Crippen LogP contribution is -2.42. The van der Waals surface area contributed by atoms with Crippen LogP contribution in [0.1, 0.15) is 6.92 Å². The maximum Gasteiger partial charge on any atom is 0.0361 e. The van der Waals surface area contributed by atoms with Crippen molar-refractivity contribution in [1.29, 1.82) is 0 Å². The summed E-state index contributed by atoms with van der Waals surface area (Å²) in [6.45, 7) is 10.1. The Hall–Kier alpha value is -1.28. The SMILES string of the molecule is C=C\C(=C/C=C\C=C/C)N1CCNCC1. The van der Waals surface area contributed by atoms with Gasteiger partial charge in [0.15, 0.2) is 0 Å². The van der Waals surface area contributed by atoms with Crippen molar-refractivity contribution in [2.75, 3.05) is 26.2 Å². The Morgan fingerprint density at radius 1 is 1.20 bits per heavy atom. The van der Waals surface area contributed by atoms with Gasteiger partial charge in [-0.3, -0.25) is 0 Å². The highest BCUT2D eigenvalue weighted by atomic mass is 15.2. The van der Waals surface area contributed by atoms with Crippen LogP contribution in [-0.4, -0.2) is 31.1 Å². The van der Waals surface area contributed by atoms with E-state index in [9.17, 15) is 0 Å². The van der Waals surface area contributed by atoms with Gasteiger partial charge in [0, 0.05) is 31.9 Å². The lowest BCUT2D eigenvalue weighted by Gasteiger charge is -2.30. The van der Waals surface area contributed by atoms with Gasteiger partial charge in [-0.2, -0.15) is 0 Å². The Kier molecular flexibility index (Phi) is 5.56. The van der Waals surface area contributed by atoms with Crippen LogP contribution in [0.2, 0.25) is 0 Å². The fourth-order valence-corrected chi connectivity index (χ4v) is 1.55. The molecule has 1 saturated heterocycles. The summed E-state index contributed by atoms with van der Waals surface area (Å²) in [5.41, 5.74) is 1.21. The summed E-state index contributed by atoms with van der Waals surface area (Å²) in [6.07, 6.45) is 12.2. The molecule has 2 nitrogen and oxygen atoms in total. The van der Waals surface area contributed by atoms with Crippen LogP contribution in [0.25, 0.3) is 0 Å². The summed E-state index contributed by atoms with van der Waals surface area (Å²) in [5.74, 6) is 0. The second-order valence-electron chi connectivity index (χ2n) is 3.44. The van der Waals surface area contributed by atoms with Crippen LogP contribution in [0, 0.1) is 0 Å². The van der Waals surface area contributed by atoms with Gasteiger partial charge in [-0.05, 0) is 19.1 Å². The fourth-order valence-electron chi connectivity index (χ4n) is 1.55. The third-order valence-corrected chi connectivity index (χ3v) is 2.37. The minimum Gasteiger partial charge on any atom is -0.369 e. The fraction of sp³-hybridized carbons (Fsp3) is 0.385. The molecule has 82 valence electrons. The molecule has 0 unspecified atom stereocenters. The molecule has 1 rings (SSSR count). The first-order chi connectivity index (χ1) is 7.38. The molecule has 2 heteroatoms. The normalized spacial score (nSPS) is 19.0. The lowest BCUT2D eigenvalue weighted by atomic mass is 10.2. The zero-order valence-corrected chi connectivity index (χ0v) is 9.45. The summed E-state index contributed by atoms with van der Waals surface area (Å²) in [7, 11) is 0. The van der Waals surface area contributed by atoms with Gasteiger partial charge >= 0.3 is 0 Å². The summed E-state index contributed by atoms with van der Waals surface area (Å²) in [6, 6.07) is 0. The molecule has 1 aliphatic heterocycles. The van der Waals surface area contributed by atoms with E-state index in [4.69, 9.17) is 0 Å². The van der Waals surface area contributed by atoms with Gasteiger partial charge in [0.1, 0.15) is 0 Å². The predicted octanol–water partition coefficient (Wildman–Crippen LogP) is 2.09. The van der Waals surface area contributed by atoms with E-state index < -0.39 is 0 Å². The van der Waals surface area contributed by atoms with Crippen molar-refractivity contribution in [2.45, 2.75) is 6.92 Å². The monoisotopic (exact) mass is 204 g/mol. The van der Waals surface area contributed by atoms with Gasteiger partial charge in [0.05, 0.1) is 0 Å². The molecule has 0 bridgehead atoms. The molecular formula is C13H20N2. The summed E-state index contributed by atoms with van der Waals surface area (Å²) in [4.78, 5) is 2.35. The van der Waals surface area contributed by atoms with Crippen molar-refractivity contribution < 1.29 is 0 Å². The Bertz CT molecular complexity index is 268. The number of hydrogen-bond acceptors (Lipinski definition) is 2. The molecule has 1 aliphatic rings. The highest BCUT2D eigenvalue weighted by Gasteiger charge is 2.09. The van der Waals surface area contributed by atoms with Crippen molar-refractivity contribution in [2.24, 2.45) is 0 Å². The first kappa shape index (κ1) is 11.8. The number of hydrogen-bond donors (Lipinski definition) is 1. The number of rotatable bonds is 4. The van der Waals surface area contributed by atoms with Crippen LogP contribution in [0.4, 0.5) is 0 Å². The van der Waals surface area contributed by atoms with Gasteiger partial charge in [-0.15, -0.1) is 0 Å². The third-order valence-electron chi connectivity index (χ3n) is 2.37. The van der Waals surface area contributed by atoms with Crippen LogP contribution in [0.5, 0.6) is 0 Å². The molecule has 0 amide bonds. The van der Waals surface area contributed by atoms with Crippen molar-refractivity contribution >= 4 is 0 Å². The van der Waals surface area contributed by atoms with E-state index in [2.05, 4.69) is 28.9 Å². The smallest absolute Gasteiger partial charge is 0.0361 e. The van der Waals surface area contributed by atoms with E-state index in [0.29, 0.717) is 0 Å². The Morgan fingerprint density at radius 2 is 1.93 bits per heavy atom. The average Bonchev–Trinajstić information content (AvgIpc) is 2.30. The van der Waals surface area contributed by atoms with Crippen molar-refractivity contribution in [3.8, 4) is 0 Å². The molecule has 1 heterocycles. The van der Waals surface area contributed by atoms with Gasteiger partial charge < -0.3 is 10.2 Å². The first-order valence-corrected chi connectivity index (χ1v) is 5.46. The largest absolute Gasteiger partial charge is 0.369 e. The van der Waals surface area contributed by atoms with Crippen molar-refractivity contribution in [3.05, 3.63) is 48.7 Å². The van der Waals surface area contributed by atoms with Gasteiger partial charge in [0.2, 0.25) is 0 Å². The van der Waals surface area contributed by atoms with Gasteiger partial charge in [-0.25, -0.2) is 0 Å². The van der Waals surface area contributed by atoms with Crippen LogP contribution in [0.15, 0.2) is 48.7 Å². The number of nitrogens with one attached hydrogen (secondary N) is 1. The molecule has 0 radical (unpaired) electrons. The van der Waals surface area contributed by atoms with E-state index in [1.54, 1.807) is 0 Å². The van der Waals surface area contributed by atoms with Crippen molar-refractivity contribution in [1.82, 2.24) is 10.2 Å². The predicted molar refractivity (Wildman–Crippen MR) is 66.7 cm³/mol.